The zero-order valence-electron chi connectivity index (χ0n) is 12.2. The van der Waals surface area contributed by atoms with Gasteiger partial charge in [0.1, 0.15) is 12.4 Å². The highest BCUT2D eigenvalue weighted by atomic mass is 16.5. The van der Waals surface area contributed by atoms with Gasteiger partial charge in [0.2, 0.25) is 0 Å². The standard InChI is InChI=1S/C16H26N2O/c1-14(2)15-4-6-16(7-5-15)19-13-12-18-10-3-8-17-9-11-18/h4-7,14,17H,3,8-13H2,1-2H3. The van der Waals surface area contributed by atoms with Crippen LogP contribution in [0.25, 0.3) is 0 Å². The Hall–Kier alpha value is -1.06. The number of benzene rings is 1. The minimum atomic E-state index is 0.582. The zero-order chi connectivity index (χ0) is 13.5. The molecule has 106 valence electrons. The monoisotopic (exact) mass is 262 g/mol. The molecule has 0 aromatic heterocycles. The van der Waals surface area contributed by atoms with Crippen molar-refractivity contribution in [2.24, 2.45) is 0 Å². The fourth-order valence-electron chi connectivity index (χ4n) is 2.37. The normalized spacial score (nSPS) is 17.4. The SMILES string of the molecule is CC(C)c1ccc(OCCN2CCCNCC2)cc1. The summed E-state index contributed by atoms with van der Waals surface area (Å²) in [6.45, 7) is 10.8. The number of nitrogens with one attached hydrogen (secondary N) is 1. The highest BCUT2D eigenvalue weighted by Crippen LogP contribution is 2.18. The summed E-state index contributed by atoms with van der Waals surface area (Å²) >= 11 is 0. The van der Waals surface area contributed by atoms with E-state index in [4.69, 9.17) is 4.74 Å². The molecular formula is C16H26N2O. The maximum atomic E-state index is 5.82. The van der Waals surface area contributed by atoms with E-state index in [1.54, 1.807) is 0 Å². The first-order chi connectivity index (χ1) is 9.25. The maximum absolute atomic E-state index is 5.82. The molecule has 0 unspecified atom stereocenters. The highest BCUT2D eigenvalue weighted by molar-refractivity contribution is 5.28. The predicted octanol–water partition coefficient (Wildman–Crippen LogP) is 2.48. The third-order valence-corrected chi connectivity index (χ3v) is 3.66. The summed E-state index contributed by atoms with van der Waals surface area (Å²) < 4.78 is 5.82. The van der Waals surface area contributed by atoms with Crippen molar-refractivity contribution in [2.75, 3.05) is 39.3 Å². The zero-order valence-corrected chi connectivity index (χ0v) is 12.2. The Labute approximate surface area is 116 Å². The van der Waals surface area contributed by atoms with E-state index in [-0.39, 0.29) is 0 Å². The van der Waals surface area contributed by atoms with Crippen LogP contribution in [0.15, 0.2) is 24.3 Å². The van der Waals surface area contributed by atoms with Gasteiger partial charge >= 0.3 is 0 Å². The molecule has 1 aliphatic rings. The molecule has 1 heterocycles. The maximum Gasteiger partial charge on any atom is 0.119 e. The van der Waals surface area contributed by atoms with Crippen LogP contribution in [0.4, 0.5) is 0 Å². The molecule has 1 aromatic carbocycles. The third-order valence-electron chi connectivity index (χ3n) is 3.66. The smallest absolute Gasteiger partial charge is 0.119 e. The van der Waals surface area contributed by atoms with Gasteiger partial charge in [-0.2, -0.15) is 0 Å². The quantitative estimate of drug-likeness (QED) is 0.882. The molecule has 0 amide bonds. The van der Waals surface area contributed by atoms with E-state index < -0.39 is 0 Å². The number of rotatable bonds is 5. The summed E-state index contributed by atoms with van der Waals surface area (Å²) in [5, 5.41) is 3.42. The van der Waals surface area contributed by atoms with Crippen molar-refractivity contribution in [3.05, 3.63) is 29.8 Å². The molecule has 1 fully saturated rings. The van der Waals surface area contributed by atoms with Crippen molar-refractivity contribution in [2.45, 2.75) is 26.2 Å². The first-order valence-corrected chi connectivity index (χ1v) is 7.41. The van der Waals surface area contributed by atoms with E-state index in [0.717, 1.165) is 38.5 Å². The molecule has 1 aliphatic heterocycles. The van der Waals surface area contributed by atoms with Gasteiger partial charge in [0.15, 0.2) is 0 Å². The molecule has 1 aromatic rings. The van der Waals surface area contributed by atoms with Gasteiger partial charge in [-0.1, -0.05) is 26.0 Å². The molecule has 0 atom stereocenters. The molecule has 0 saturated carbocycles. The summed E-state index contributed by atoms with van der Waals surface area (Å²) in [6, 6.07) is 8.49. The highest BCUT2D eigenvalue weighted by Gasteiger charge is 2.08. The fraction of sp³-hybridized carbons (Fsp3) is 0.625. The lowest BCUT2D eigenvalue weighted by Gasteiger charge is -2.19. The van der Waals surface area contributed by atoms with Crippen LogP contribution in [0.1, 0.15) is 31.7 Å². The van der Waals surface area contributed by atoms with Crippen LogP contribution in [0.3, 0.4) is 0 Å². The summed E-state index contributed by atoms with van der Waals surface area (Å²) in [5.41, 5.74) is 1.37. The Balaban J connectivity index is 1.72. The third kappa shape index (κ3) is 4.84. The number of hydrogen-bond acceptors (Lipinski definition) is 3. The Morgan fingerprint density at radius 2 is 1.95 bits per heavy atom. The first kappa shape index (κ1) is 14.4. The van der Waals surface area contributed by atoms with Crippen LogP contribution in [-0.4, -0.2) is 44.2 Å². The molecule has 19 heavy (non-hydrogen) atoms. The van der Waals surface area contributed by atoms with Crippen molar-refractivity contribution in [1.29, 1.82) is 0 Å². The van der Waals surface area contributed by atoms with Gasteiger partial charge < -0.3 is 10.1 Å². The lowest BCUT2D eigenvalue weighted by Crippen LogP contribution is -2.31. The second-order valence-corrected chi connectivity index (χ2v) is 5.52. The van der Waals surface area contributed by atoms with E-state index in [2.05, 4.69) is 48.3 Å². The second kappa shape index (κ2) is 7.51. The number of nitrogens with zero attached hydrogens (tertiary/aromatic N) is 1. The van der Waals surface area contributed by atoms with Crippen LogP contribution < -0.4 is 10.1 Å². The van der Waals surface area contributed by atoms with Crippen LogP contribution in [0.2, 0.25) is 0 Å². The average molecular weight is 262 g/mol. The van der Waals surface area contributed by atoms with E-state index in [1.165, 1.54) is 18.5 Å². The van der Waals surface area contributed by atoms with Gasteiger partial charge in [-0.3, -0.25) is 4.90 Å². The number of hydrogen-bond donors (Lipinski definition) is 1. The van der Waals surface area contributed by atoms with E-state index in [9.17, 15) is 0 Å². The molecule has 0 bridgehead atoms. The van der Waals surface area contributed by atoms with E-state index in [0.29, 0.717) is 5.92 Å². The summed E-state index contributed by atoms with van der Waals surface area (Å²) in [6.07, 6.45) is 1.24. The summed E-state index contributed by atoms with van der Waals surface area (Å²) in [7, 11) is 0. The molecule has 0 spiro atoms. The molecule has 0 radical (unpaired) electrons. The first-order valence-electron chi connectivity index (χ1n) is 7.41. The summed E-state index contributed by atoms with van der Waals surface area (Å²) in [5.74, 6) is 1.57. The van der Waals surface area contributed by atoms with Crippen molar-refractivity contribution in [1.82, 2.24) is 10.2 Å². The van der Waals surface area contributed by atoms with Gasteiger partial charge in [-0.05, 0) is 43.1 Å². The van der Waals surface area contributed by atoms with Gasteiger partial charge in [-0.25, -0.2) is 0 Å². The lowest BCUT2D eigenvalue weighted by atomic mass is 10.0. The minimum absolute atomic E-state index is 0.582. The minimum Gasteiger partial charge on any atom is -0.492 e. The Morgan fingerprint density at radius 3 is 2.68 bits per heavy atom. The molecule has 1 N–H and O–H groups in total. The number of ether oxygens (including phenoxy) is 1. The molecule has 3 nitrogen and oxygen atoms in total. The molecule has 2 rings (SSSR count). The van der Waals surface area contributed by atoms with Gasteiger partial charge in [0.25, 0.3) is 0 Å². The fourth-order valence-corrected chi connectivity index (χ4v) is 2.37. The van der Waals surface area contributed by atoms with Crippen LogP contribution >= 0.6 is 0 Å². The van der Waals surface area contributed by atoms with E-state index in [1.807, 2.05) is 0 Å². The predicted molar refractivity (Wildman–Crippen MR) is 80.0 cm³/mol. The Bertz CT molecular complexity index is 354. The van der Waals surface area contributed by atoms with Crippen molar-refractivity contribution in [3.63, 3.8) is 0 Å². The van der Waals surface area contributed by atoms with Gasteiger partial charge in [-0.15, -0.1) is 0 Å². The Kier molecular flexibility index (Phi) is 5.67. The van der Waals surface area contributed by atoms with Gasteiger partial charge in [0.05, 0.1) is 0 Å². The topological polar surface area (TPSA) is 24.5 Å². The molecule has 0 aliphatic carbocycles. The van der Waals surface area contributed by atoms with Crippen LogP contribution in [0.5, 0.6) is 5.75 Å². The Morgan fingerprint density at radius 1 is 1.16 bits per heavy atom. The lowest BCUT2D eigenvalue weighted by molar-refractivity contribution is 0.217. The molecule has 3 heteroatoms. The van der Waals surface area contributed by atoms with Gasteiger partial charge in [0, 0.05) is 19.6 Å². The van der Waals surface area contributed by atoms with Crippen molar-refractivity contribution < 1.29 is 4.74 Å². The van der Waals surface area contributed by atoms with Crippen LogP contribution in [-0.2, 0) is 0 Å². The molecule has 1 saturated heterocycles. The van der Waals surface area contributed by atoms with E-state index >= 15 is 0 Å². The summed E-state index contributed by atoms with van der Waals surface area (Å²) in [4.78, 5) is 2.47. The largest absolute Gasteiger partial charge is 0.492 e. The van der Waals surface area contributed by atoms with Crippen LogP contribution in [0, 0.1) is 0 Å². The van der Waals surface area contributed by atoms with Crippen molar-refractivity contribution in [3.8, 4) is 5.75 Å². The molecular weight excluding hydrogens is 236 g/mol. The average Bonchev–Trinajstić information content (AvgIpc) is 2.68. The van der Waals surface area contributed by atoms with Crippen molar-refractivity contribution >= 4 is 0 Å². The second-order valence-electron chi connectivity index (χ2n) is 5.52.